The molecule has 0 unspecified atom stereocenters. The summed E-state index contributed by atoms with van der Waals surface area (Å²) in [7, 11) is 0. The molecule has 5 nitrogen and oxygen atoms in total. The second-order valence-electron chi connectivity index (χ2n) is 5.65. The summed E-state index contributed by atoms with van der Waals surface area (Å²) in [6, 6.07) is 11.9. The maximum absolute atomic E-state index is 9.04. The Kier molecular flexibility index (Phi) is 4.99. The number of hydrogen-bond donors (Lipinski definition) is 1. The lowest BCUT2D eigenvalue weighted by atomic mass is 9.89. The standard InChI is InChI=1S/C17H19N5S/c18-12-11-15(13-7-3-1-4-8-13)23-17-21-20-16(22(17)19)14-9-5-2-6-10-14/h1,3-4,7-8,11,14H,2,5-6,9-10,19H2/b15-11+. The third-order valence-electron chi connectivity index (χ3n) is 4.12. The van der Waals surface area contributed by atoms with Crippen molar-refractivity contribution in [3.05, 3.63) is 47.8 Å². The van der Waals surface area contributed by atoms with E-state index in [1.807, 2.05) is 30.3 Å². The van der Waals surface area contributed by atoms with Gasteiger partial charge >= 0.3 is 0 Å². The van der Waals surface area contributed by atoms with Crippen LogP contribution in [-0.2, 0) is 0 Å². The van der Waals surface area contributed by atoms with E-state index < -0.39 is 0 Å². The molecule has 1 aromatic heterocycles. The molecule has 0 saturated heterocycles. The lowest BCUT2D eigenvalue weighted by Crippen LogP contribution is -2.18. The maximum Gasteiger partial charge on any atom is 0.214 e. The molecule has 6 heteroatoms. The van der Waals surface area contributed by atoms with Crippen LogP contribution in [0.2, 0.25) is 0 Å². The van der Waals surface area contributed by atoms with Gasteiger partial charge in [-0.15, -0.1) is 10.2 Å². The van der Waals surface area contributed by atoms with Crippen LogP contribution >= 0.6 is 11.8 Å². The smallest absolute Gasteiger partial charge is 0.214 e. The van der Waals surface area contributed by atoms with Crippen molar-refractivity contribution in [2.24, 2.45) is 0 Å². The summed E-state index contributed by atoms with van der Waals surface area (Å²) in [5.74, 6) is 7.47. The fourth-order valence-corrected chi connectivity index (χ4v) is 3.76. The van der Waals surface area contributed by atoms with Crippen molar-refractivity contribution in [2.45, 2.75) is 43.2 Å². The molecule has 1 aliphatic carbocycles. The minimum Gasteiger partial charge on any atom is -0.336 e. The van der Waals surface area contributed by atoms with Crippen LogP contribution in [0.25, 0.3) is 4.91 Å². The molecule has 1 aliphatic rings. The van der Waals surface area contributed by atoms with E-state index in [-0.39, 0.29) is 0 Å². The summed E-state index contributed by atoms with van der Waals surface area (Å²) < 4.78 is 1.59. The SMILES string of the molecule is N#C/C=C(/Sc1nnc(C2CCCCC2)n1N)c1ccccc1. The number of nitrogen functional groups attached to an aromatic ring is 1. The molecule has 0 spiro atoms. The second-order valence-corrected chi connectivity index (χ2v) is 6.66. The van der Waals surface area contributed by atoms with Gasteiger partial charge in [0.1, 0.15) is 0 Å². The predicted molar refractivity (Wildman–Crippen MR) is 91.9 cm³/mol. The fraction of sp³-hybridized carbons (Fsp3) is 0.353. The van der Waals surface area contributed by atoms with Gasteiger partial charge in [-0.25, -0.2) is 4.68 Å². The quantitative estimate of drug-likeness (QED) is 0.527. The zero-order valence-electron chi connectivity index (χ0n) is 12.9. The van der Waals surface area contributed by atoms with Gasteiger partial charge in [0.15, 0.2) is 5.82 Å². The first-order chi connectivity index (χ1) is 11.3. The van der Waals surface area contributed by atoms with Crippen molar-refractivity contribution in [3.8, 4) is 6.07 Å². The minimum absolute atomic E-state index is 0.399. The van der Waals surface area contributed by atoms with Crippen LogP contribution in [-0.4, -0.2) is 14.9 Å². The van der Waals surface area contributed by atoms with Crippen LogP contribution in [0.5, 0.6) is 0 Å². The van der Waals surface area contributed by atoms with E-state index in [1.54, 1.807) is 4.68 Å². The number of hydrogen-bond acceptors (Lipinski definition) is 5. The van der Waals surface area contributed by atoms with E-state index in [2.05, 4.69) is 16.3 Å². The van der Waals surface area contributed by atoms with Crippen molar-refractivity contribution < 1.29 is 0 Å². The number of nitrogens with zero attached hydrogens (tertiary/aromatic N) is 4. The molecule has 3 rings (SSSR count). The molecule has 0 amide bonds. The molecule has 0 bridgehead atoms. The zero-order chi connectivity index (χ0) is 16.1. The van der Waals surface area contributed by atoms with Gasteiger partial charge in [0.2, 0.25) is 5.16 Å². The van der Waals surface area contributed by atoms with Gasteiger partial charge in [-0.3, -0.25) is 0 Å². The molecule has 1 aromatic carbocycles. The molecule has 1 saturated carbocycles. The molecule has 1 heterocycles. The van der Waals surface area contributed by atoms with E-state index >= 15 is 0 Å². The molecular formula is C17H19N5S. The number of rotatable bonds is 4. The number of aromatic nitrogens is 3. The zero-order valence-corrected chi connectivity index (χ0v) is 13.7. The molecule has 0 radical (unpaired) electrons. The van der Waals surface area contributed by atoms with Gasteiger partial charge in [0.05, 0.1) is 6.07 Å². The summed E-state index contributed by atoms with van der Waals surface area (Å²) in [5, 5.41) is 18.2. The van der Waals surface area contributed by atoms with Gasteiger partial charge in [-0.2, -0.15) is 5.26 Å². The van der Waals surface area contributed by atoms with Gasteiger partial charge in [-0.05, 0) is 30.2 Å². The van der Waals surface area contributed by atoms with E-state index in [9.17, 15) is 0 Å². The Morgan fingerprint density at radius 3 is 2.65 bits per heavy atom. The van der Waals surface area contributed by atoms with Crippen LogP contribution < -0.4 is 5.84 Å². The number of allylic oxidation sites excluding steroid dienone is 1. The van der Waals surface area contributed by atoms with E-state index in [0.29, 0.717) is 11.1 Å². The molecular weight excluding hydrogens is 306 g/mol. The van der Waals surface area contributed by atoms with Gasteiger partial charge < -0.3 is 5.84 Å². The molecule has 0 aliphatic heterocycles. The Morgan fingerprint density at radius 2 is 1.96 bits per heavy atom. The summed E-state index contributed by atoms with van der Waals surface area (Å²) in [6.45, 7) is 0. The van der Waals surface area contributed by atoms with Crippen molar-refractivity contribution >= 4 is 16.7 Å². The van der Waals surface area contributed by atoms with Gasteiger partial charge in [-0.1, -0.05) is 49.6 Å². The second kappa shape index (κ2) is 7.34. The monoisotopic (exact) mass is 325 g/mol. The first kappa shape index (κ1) is 15.6. The van der Waals surface area contributed by atoms with E-state index in [4.69, 9.17) is 11.1 Å². The van der Waals surface area contributed by atoms with Crippen LogP contribution in [0.15, 0.2) is 41.6 Å². The Morgan fingerprint density at radius 1 is 1.22 bits per heavy atom. The number of benzene rings is 1. The van der Waals surface area contributed by atoms with Crippen LogP contribution in [0.3, 0.4) is 0 Å². The van der Waals surface area contributed by atoms with Gasteiger partial charge in [0.25, 0.3) is 0 Å². The number of thioether (sulfide) groups is 1. The molecule has 118 valence electrons. The van der Waals surface area contributed by atoms with Crippen LogP contribution in [0.4, 0.5) is 0 Å². The highest BCUT2D eigenvalue weighted by molar-refractivity contribution is 8.08. The molecule has 2 N–H and O–H groups in total. The Labute approximate surface area is 140 Å². The molecule has 2 aromatic rings. The highest BCUT2D eigenvalue weighted by Crippen LogP contribution is 2.36. The van der Waals surface area contributed by atoms with Crippen molar-refractivity contribution in [1.29, 1.82) is 5.26 Å². The van der Waals surface area contributed by atoms with Crippen molar-refractivity contribution in [2.75, 3.05) is 5.84 Å². The van der Waals surface area contributed by atoms with E-state index in [1.165, 1.54) is 37.1 Å². The third-order valence-corrected chi connectivity index (χ3v) is 5.15. The van der Waals surface area contributed by atoms with Crippen molar-refractivity contribution in [3.63, 3.8) is 0 Å². The molecule has 1 fully saturated rings. The Hall–Kier alpha value is -2.26. The summed E-state index contributed by atoms with van der Waals surface area (Å²) in [5.41, 5.74) is 0.973. The lowest BCUT2D eigenvalue weighted by molar-refractivity contribution is 0.421. The normalized spacial score (nSPS) is 16.2. The predicted octanol–water partition coefficient (Wildman–Crippen LogP) is 3.70. The average Bonchev–Trinajstić information content (AvgIpc) is 2.97. The summed E-state index contributed by atoms with van der Waals surface area (Å²) in [4.78, 5) is 0.822. The largest absolute Gasteiger partial charge is 0.336 e. The highest BCUT2D eigenvalue weighted by Gasteiger charge is 2.23. The van der Waals surface area contributed by atoms with Crippen LogP contribution in [0.1, 0.15) is 49.4 Å². The van der Waals surface area contributed by atoms with Crippen LogP contribution in [0, 0.1) is 11.3 Å². The molecule has 0 atom stereocenters. The first-order valence-electron chi connectivity index (χ1n) is 7.83. The lowest BCUT2D eigenvalue weighted by Gasteiger charge is -2.20. The topological polar surface area (TPSA) is 80.5 Å². The summed E-state index contributed by atoms with van der Waals surface area (Å²) >= 11 is 1.38. The fourth-order valence-electron chi connectivity index (χ4n) is 2.93. The highest BCUT2D eigenvalue weighted by atomic mass is 32.2. The molecule has 23 heavy (non-hydrogen) atoms. The average molecular weight is 325 g/mol. The first-order valence-corrected chi connectivity index (χ1v) is 8.64. The maximum atomic E-state index is 9.04. The minimum atomic E-state index is 0.399. The number of nitriles is 1. The van der Waals surface area contributed by atoms with E-state index in [0.717, 1.165) is 29.1 Å². The summed E-state index contributed by atoms with van der Waals surface area (Å²) in [6.07, 6.45) is 7.52. The number of nitrogens with two attached hydrogens (primary N) is 1. The Bertz CT molecular complexity index is 723. The Balaban J connectivity index is 1.83. The van der Waals surface area contributed by atoms with Gasteiger partial charge in [0, 0.05) is 16.9 Å². The van der Waals surface area contributed by atoms with Crippen molar-refractivity contribution in [1.82, 2.24) is 14.9 Å². The third kappa shape index (κ3) is 3.57.